The van der Waals surface area contributed by atoms with E-state index in [9.17, 15) is 0 Å². The maximum Gasteiger partial charge on any atom is 0.649 e. The van der Waals surface area contributed by atoms with Crippen LogP contribution in [-0.2, 0) is 16.8 Å². The third-order valence-electron chi connectivity index (χ3n) is 6.71. The standard InChI is InChI=1S/C18H39O4Si.2CH3.Al/c1-12(2)14(5)16(7)18(9,17(8)15(6)13(3)4)22-23(19,20-10)21-11;;;/h12-17H,1-11H3;2*1H3;/q-1;;;+1. The maximum atomic E-state index is 6.81. The molecule has 26 heavy (non-hydrogen) atoms. The van der Waals surface area contributed by atoms with Crippen LogP contribution < -0.4 is 0 Å². The first-order valence-corrected chi connectivity index (χ1v) is 14.7. The Kier molecular flexibility index (Phi) is 11.2. The van der Waals surface area contributed by atoms with Crippen LogP contribution in [0.3, 0.4) is 0 Å². The van der Waals surface area contributed by atoms with Crippen molar-refractivity contribution in [1.82, 2.24) is 0 Å². The molecule has 0 heterocycles. The van der Waals surface area contributed by atoms with Gasteiger partial charge in [0.25, 0.3) is 0 Å². The van der Waals surface area contributed by atoms with Gasteiger partial charge in [-0.05, 0) is 42.4 Å². The van der Waals surface area contributed by atoms with Crippen molar-refractivity contribution in [1.29, 1.82) is 0 Å². The van der Waals surface area contributed by atoms with Crippen LogP contribution in [0.15, 0.2) is 0 Å². The van der Waals surface area contributed by atoms with Crippen molar-refractivity contribution in [2.75, 3.05) is 14.2 Å². The Hall–Kier alpha value is 0.589. The zero-order valence-electron chi connectivity index (χ0n) is 19.7. The van der Waals surface area contributed by atoms with Gasteiger partial charge in [-0.3, -0.25) is 0 Å². The van der Waals surface area contributed by atoms with Gasteiger partial charge in [-0.2, -0.15) is 0 Å². The number of rotatable bonds is 12. The summed E-state index contributed by atoms with van der Waals surface area (Å²) in [5.41, 5.74) is -0.394. The average Bonchev–Trinajstić information content (AvgIpc) is 2.57. The molecule has 0 aliphatic carbocycles. The summed E-state index contributed by atoms with van der Waals surface area (Å²) in [5, 5.41) is 0. The molecule has 0 saturated carbocycles. The van der Waals surface area contributed by atoms with Crippen LogP contribution in [0.25, 0.3) is 0 Å². The van der Waals surface area contributed by atoms with E-state index in [1.165, 1.54) is 0 Å². The quantitative estimate of drug-likeness (QED) is 0.396. The van der Waals surface area contributed by atoms with E-state index in [4.69, 9.17) is 16.8 Å². The average molecular weight is 405 g/mol. The molecule has 0 aliphatic heterocycles. The minimum absolute atomic E-state index is 0.341. The van der Waals surface area contributed by atoms with Gasteiger partial charge in [0.1, 0.15) is 0 Å². The van der Waals surface area contributed by atoms with E-state index in [2.05, 4.69) is 73.9 Å². The first kappa shape index (κ1) is 26.6. The molecule has 0 bridgehead atoms. The lowest BCUT2D eigenvalue weighted by Crippen LogP contribution is -2.60. The Morgan fingerprint density at radius 3 is 1.31 bits per heavy atom. The van der Waals surface area contributed by atoms with Crippen molar-refractivity contribution in [3.63, 3.8) is 0 Å². The second-order valence-corrected chi connectivity index (χ2v) is 14.2. The van der Waals surface area contributed by atoms with Crippen molar-refractivity contribution in [3.8, 4) is 0 Å². The third-order valence-corrected chi connectivity index (χ3v) is 11.4. The van der Waals surface area contributed by atoms with E-state index >= 15 is 0 Å². The molecule has 0 saturated heterocycles. The first-order valence-electron chi connectivity index (χ1n) is 10.3. The summed E-state index contributed by atoms with van der Waals surface area (Å²) in [7, 11) is 0.139. The molecule has 0 aromatic heterocycles. The zero-order chi connectivity index (χ0) is 20.9. The molecule has 4 unspecified atom stereocenters. The summed E-state index contributed by atoms with van der Waals surface area (Å²) in [5.74, 6) is 7.12. The molecular formula is C20H45AlO4Si. The van der Waals surface area contributed by atoms with E-state index in [1.807, 2.05) is 0 Å². The Morgan fingerprint density at radius 1 is 0.731 bits per heavy atom. The predicted molar refractivity (Wildman–Crippen MR) is 114 cm³/mol. The second-order valence-electron chi connectivity index (χ2n) is 9.14. The fraction of sp³-hybridized carbons (Fsp3) is 1.00. The van der Waals surface area contributed by atoms with E-state index < -0.39 is 29.1 Å². The molecule has 4 nitrogen and oxygen atoms in total. The first-order chi connectivity index (χ1) is 11.8. The molecule has 0 amide bonds. The number of hydrogen-bond acceptors (Lipinski definition) is 4. The largest absolute Gasteiger partial charge is 0.649 e. The molecule has 0 N–H and O–H groups in total. The molecule has 0 fully saturated rings. The Bertz CT molecular complexity index is 379. The van der Waals surface area contributed by atoms with Gasteiger partial charge in [0.05, 0.1) is 5.60 Å². The van der Waals surface area contributed by atoms with Gasteiger partial charge in [0, 0.05) is 14.2 Å². The Morgan fingerprint density at radius 2 is 1.08 bits per heavy atom. The Balaban J connectivity index is 6.05. The highest BCUT2D eigenvalue weighted by Crippen LogP contribution is 2.44. The lowest BCUT2D eigenvalue weighted by Gasteiger charge is -2.50. The minimum atomic E-state index is -3.17. The van der Waals surface area contributed by atoms with Crippen molar-refractivity contribution in [2.45, 2.75) is 79.5 Å². The smallest absolute Gasteiger partial charge is 0.481 e. The van der Waals surface area contributed by atoms with Crippen molar-refractivity contribution in [2.24, 2.45) is 35.5 Å². The van der Waals surface area contributed by atoms with E-state index in [0.29, 0.717) is 35.5 Å². The van der Waals surface area contributed by atoms with E-state index in [0.717, 1.165) is 0 Å². The van der Waals surface area contributed by atoms with Crippen LogP contribution in [0, 0.1) is 35.5 Å². The van der Waals surface area contributed by atoms with Gasteiger partial charge < -0.3 is 16.8 Å². The van der Waals surface area contributed by atoms with Gasteiger partial charge >= 0.3 is 23.5 Å². The molecule has 0 rings (SSSR count). The van der Waals surface area contributed by atoms with Crippen LogP contribution >= 0.6 is 0 Å². The molecule has 0 aromatic carbocycles. The summed E-state index contributed by atoms with van der Waals surface area (Å²) >= 11 is -1.39. The monoisotopic (exact) mass is 404 g/mol. The van der Waals surface area contributed by atoms with Crippen LogP contribution in [-0.4, -0.2) is 43.4 Å². The van der Waals surface area contributed by atoms with Crippen LogP contribution in [0.4, 0.5) is 0 Å². The third kappa shape index (κ3) is 6.58. The summed E-state index contributed by atoms with van der Waals surface area (Å²) in [6.07, 6.45) is 0. The fourth-order valence-electron chi connectivity index (χ4n) is 3.64. The number of hydrogen-bond donors (Lipinski definition) is 0. The van der Waals surface area contributed by atoms with Crippen LogP contribution in [0.1, 0.15) is 62.3 Å². The van der Waals surface area contributed by atoms with Crippen LogP contribution in [0.5, 0.6) is 0 Å². The molecule has 0 aromatic rings. The molecule has 0 spiro atoms. The lowest BCUT2D eigenvalue weighted by atomic mass is 9.66. The van der Waals surface area contributed by atoms with Gasteiger partial charge in [-0.15, -0.1) is 0 Å². The highest BCUT2D eigenvalue weighted by atomic mass is 28.4. The van der Waals surface area contributed by atoms with Gasteiger partial charge in [0.15, 0.2) is 0 Å². The molecule has 4 atom stereocenters. The predicted octanol–water partition coefficient (Wildman–Crippen LogP) is 5.61. The van der Waals surface area contributed by atoms with Crippen molar-refractivity contribution in [3.05, 3.63) is 0 Å². The SMILES string of the molecule is CO[Si](OC)([O][Al]([CH3])[CH3])OC(C)(C(C)C(C)C(C)C)C(C)C(C)C(C)C. The van der Waals surface area contributed by atoms with Crippen molar-refractivity contribution < 1.29 is 16.8 Å². The van der Waals surface area contributed by atoms with E-state index in [-0.39, 0.29) is 0 Å². The minimum Gasteiger partial charge on any atom is -0.481 e. The molecular weight excluding hydrogens is 359 g/mol. The van der Waals surface area contributed by atoms with Gasteiger partial charge in [-0.1, -0.05) is 67.0 Å². The van der Waals surface area contributed by atoms with Gasteiger partial charge in [0.2, 0.25) is 0 Å². The second kappa shape index (κ2) is 11.0. The summed E-state index contributed by atoms with van der Waals surface area (Å²) < 4.78 is 24.6. The highest BCUT2D eigenvalue weighted by Gasteiger charge is 2.54. The molecule has 156 valence electrons. The molecule has 0 aliphatic rings. The van der Waals surface area contributed by atoms with Gasteiger partial charge in [-0.25, -0.2) is 0 Å². The summed E-state index contributed by atoms with van der Waals surface area (Å²) in [6, 6.07) is 0. The van der Waals surface area contributed by atoms with Crippen molar-refractivity contribution >= 4 is 23.5 Å². The van der Waals surface area contributed by atoms with Crippen LogP contribution in [0.2, 0.25) is 11.6 Å². The lowest BCUT2D eigenvalue weighted by molar-refractivity contribution is -0.128. The zero-order valence-corrected chi connectivity index (χ0v) is 21.8. The highest BCUT2D eigenvalue weighted by molar-refractivity contribution is 6.66. The van der Waals surface area contributed by atoms with E-state index in [1.54, 1.807) is 14.2 Å². The topological polar surface area (TPSA) is 36.9 Å². The fourth-order valence-corrected chi connectivity index (χ4v) is 8.16. The summed E-state index contributed by atoms with van der Waals surface area (Å²) in [6.45, 7) is 20.7. The molecule has 6 heteroatoms. The Labute approximate surface area is 169 Å². The maximum absolute atomic E-state index is 6.81. The summed E-state index contributed by atoms with van der Waals surface area (Å²) in [4.78, 5) is 0. The molecule has 0 radical (unpaired) electrons. The normalized spacial score (nSPS) is 20.0.